The number of amides is 1. The van der Waals surface area contributed by atoms with E-state index in [9.17, 15) is 13.2 Å². The van der Waals surface area contributed by atoms with E-state index in [2.05, 4.69) is 10.4 Å². The minimum absolute atomic E-state index is 0.145. The van der Waals surface area contributed by atoms with Gasteiger partial charge < -0.3 is 5.32 Å². The molecule has 0 aliphatic carbocycles. The molecular weight excluding hydrogens is 364 g/mol. The van der Waals surface area contributed by atoms with E-state index >= 15 is 0 Å². The van der Waals surface area contributed by atoms with E-state index in [1.807, 2.05) is 26.0 Å². The van der Waals surface area contributed by atoms with Crippen molar-refractivity contribution in [3.8, 4) is 0 Å². The number of nitrogens with one attached hydrogen (secondary N) is 1. The van der Waals surface area contributed by atoms with Crippen molar-refractivity contribution in [2.45, 2.75) is 31.6 Å². The number of benzene rings is 1. The molecule has 0 bridgehead atoms. The number of piperidine rings is 1. The normalized spacial score (nSPS) is 16.4. The molecule has 1 amide bonds. The van der Waals surface area contributed by atoms with Crippen molar-refractivity contribution in [3.05, 3.63) is 47.3 Å². The van der Waals surface area contributed by atoms with Crippen molar-refractivity contribution in [2.24, 2.45) is 13.0 Å². The minimum Gasteiger partial charge on any atom is -0.352 e. The Morgan fingerprint density at radius 2 is 1.96 bits per heavy atom. The first kappa shape index (κ1) is 19.6. The number of aryl methyl sites for hydroxylation is 3. The van der Waals surface area contributed by atoms with Gasteiger partial charge in [-0.15, -0.1) is 0 Å². The Morgan fingerprint density at radius 1 is 1.26 bits per heavy atom. The Bertz CT molecular complexity index is 928. The van der Waals surface area contributed by atoms with Gasteiger partial charge in [0.15, 0.2) is 0 Å². The molecule has 1 aromatic heterocycles. The van der Waals surface area contributed by atoms with Gasteiger partial charge in [0.05, 0.1) is 16.7 Å². The molecule has 2 heterocycles. The molecule has 7 nitrogen and oxygen atoms in total. The van der Waals surface area contributed by atoms with Gasteiger partial charge in [0, 0.05) is 32.9 Å². The average molecular weight is 391 g/mol. The maximum absolute atomic E-state index is 12.9. The Hall–Kier alpha value is -2.19. The predicted molar refractivity (Wildman–Crippen MR) is 103 cm³/mol. The fraction of sp³-hybridized carbons (Fsp3) is 0.474. The smallest absolute Gasteiger partial charge is 0.254 e. The summed E-state index contributed by atoms with van der Waals surface area (Å²) < 4.78 is 29.0. The summed E-state index contributed by atoms with van der Waals surface area (Å²) in [5.41, 5.74) is 2.36. The summed E-state index contributed by atoms with van der Waals surface area (Å²) in [5, 5.41) is 6.92. The number of aromatic nitrogens is 2. The van der Waals surface area contributed by atoms with Crippen LogP contribution < -0.4 is 5.32 Å². The van der Waals surface area contributed by atoms with E-state index in [0.717, 1.165) is 24.0 Å². The van der Waals surface area contributed by atoms with E-state index in [4.69, 9.17) is 0 Å². The molecule has 0 spiro atoms. The molecule has 1 fully saturated rings. The van der Waals surface area contributed by atoms with Gasteiger partial charge in [-0.2, -0.15) is 9.40 Å². The number of rotatable bonds is 5. The molecule has 2 aromatic rings. The second-order valence-electron chi connectivity index (χ2n) is 7.23. The van der Waals surface area contributed by atoms with Gasteiger partial charge in [-0.25, -0.2) is 8.42 Å². The number of hydrogen-bond donors (Lipinski definition) is 1. The Kier molecular flexibility index (Phi) is 5.67. The van der Waals surface area contributed by atoms with Crippen molar-refractivity contribution >= 4 is 15.9 Å². The van der Waals surface area contributed by atoms with Crippen LogP contribution in [0.4, 0.5) is 0 Å². The third-order valence-electron chi connectivity index (χ3n) is 5.04. The van der Waals surface area contributed by atoms with Crippen LogP contribution in [-0.4, -0.2) is 48.0 Å². The fourth-order valence-electron chi connectivity index (χ4n) is 3.46. The first-order chi connectivity index (χ1) is 12.8. The molecule has 1 aliphatic heterocycles. The zero-order valence-electron chi connectivity index (χ0n) is 16.0. The number of sulfonamides is 1. The molecule has 1 N–H and O–H groups in total. The lowest BCUT2D eigenvalue weighted by molar-refractivity contribution is 0.0941. The summed E-state index contributed by atoms with van der Waals surface area (Å²) in [6.45, 7) is 5.28. The van der Waals surface area contributed by atoms with Crippen LogP contribution in [0.25, 0.3) is 0 Å². The van der Waals surface area contributed by atoms with Crippen molar-refractivity contribution in [1.82, 2.24) is 19.4 Å². The van der Waals surface area contributed by atoms with Crippen LogP contribution in [0, 0.1) is 19.8 Å². The molecule has 1 aliphatic rings. The van der Waals surface area contributed by atoms with Crippen LogP contribution in [0.15, 0.2) is 35.5 Å². The highest BCUT2D eigenvalue weighted by atomic mass is 32.2. The lowest BCUT2D eigenvalue weighted by atomic mass is 9.98. The molecular formula is C19H26N4O3S. The Morgan fingerprint density at radius 3 is 2.56 bits per heavy atom. The SMILES string of the molecule is Cc1ccc(S(=O)(=O)N2CCC(CNC(=O)c3cnn(C)c3)CC2)c(C)c1. The first-order valence-corrected chi connectivity index (χ1v) is 10.6. The summed E-state index contributed by atoms with van der Waals surface area (Å²) in [7, 11) is -1.70. The van der Waals surface area contributed by atoms with Gasteiger partial charge in [-0.3, -0.25) is 9.48 Å². The molecule has 146 valence electrons. The van der Waals surface area contributed by atoms with Gasteiger partial charge in [0.25, 0.3) is 5.91 Å². The molecule has 3 rings (SSSR count). The topological polar surface area (TPSA) is 84.3 Å². The maximum Gasteiger partial charge on any atom is 0.254 e. The van der Waals surface area contributed by atoms with E-state index < -0.39 is 10.0 Å². The monoisotopic (exact) mass is 390 g/mol. The van der Waals surface area contributed by atoms with Crippen LogP contribution in [0.2, 0.25) is 0 Å². The zero-order chi connectivity index (χ0) is 19.6. The van der Waals surface area contributed by atoms with Crippen LogP contribution >= 0.6 is 0 Å². The highest BCUT2D eigenvalue weighted by Crippen LogP contribution is 2.26. The van der Waals surface area contributed by atoms with E-state index in [0.29, 0.717) is 30.1 Å². The quantitative estimate of drug-likeness (QED) is 0.845. The van der Waals surface area contributed by atoms with E-state index in [-0.39, 0.29) is 11.8 Å². The molecule has 8 heteroatoms. The van der Waals surface area contributed by atoms with Gasteiger partial charge in [0.1, 0.15) is 0 Å². The Balaban J connectivity index is 1.56. The van der Waals surface area contributed by atoms with Gasteiger partial charge in [-0.05, 0) is 44.2 Å². The van der Waals surface area contributed by atoms with Gasteiger partial charge in [0.2, 0.25) is 10.0 Å². The molecule has 1 saturated heterocycles. The molecule has 1 aromatic carbocycles. The average Bonchev–Trinajstić information content (AvgIpc) is 3.06. The molecule has 0 radical (unpaired) electrons. The fourth-order valence-corrected chi connectivity index (χ4v) is 5.13. The molecule has 27 heavy (non-hydrogen) atoms. The lowest BCUT2D eigenvalue weighted by Gasteiger charge is -2.31. The molecule has 0 saturated carbocycles. The number of hydrogen-bond acceptors (Lipinski definition) is 4. The highest BCUT2D eigenvalue weighted by Gasteiger charge is 2.30. The largest absolute Gasteiger partial charge is 0.352 e. The predicted octanol–water partition coefficient (Wildman–Crippen LogP) is 1.87. The van der Waals surface area contributed by atoms with Crippen LogP contribution in [0.1, 0.15) is 34.3 Å². The third-order valence-corrected chi connectivity index (χ3v) is 7.10. The summed E-state index contributed by atoms with van der Waals surface area (Å²) in [6, 6.07) is 5.43. The molecule has 0 atom stereocenters. The summed E-state index contributed by atoms with van der Waals surface area (Å²) >= 11 is 0. The number of nitrogens with zero attached hydrogens (tertiary/aromatic N) is 3. The Labute approximate surface area is 160 Å². The summed E-state index contributed by atoms with van der Waals surface area (Å²) in [6.07, 6.45) is 4.68. The zero-order valence-corrected chi connectivity index (χ0v) is 16.8. The first-order valence-electron chi connectivity index (χ1n) is 9.11. The second kappa shape index (κ2) is 7.82. The number of carbonyl (C=O) groups excluding carboxylic acids is 1. The maximum atomic E-state index is 12.9. The molecule has 0 unspecified atom stereocenters. The van der Waals surface area contributed by atoms with Crippen molar-refractivity contribution in [3.63, 3.8) is 0 Å². The van der Waals surface area contributed by atoms with Gasteiger partial charge >= 0.3 is 0 Å². The lowest BCUT2D eigenvalue weighted by Crippen LogP contribution is -2.41. The van der Waals surface area contributed by atoms with E-state index in [1.54, 1.807) is 28.3 Å². The van der Waals surface area contributed by atoms with Crippen molar-refractivity contribution in [1.29, 1.82) is 0 Å². The summed E-state index contributed by atoms with van der Waals surface area (Å²) in [5.74, 6) is 0.129. The van der Waals surface area contributed by atoms with Crippen molar-refractivity contribution < 1.29 is 13.2 Å². The second-order valence-corrected chi connectivity index (χ2v) is 9.14. The van der Waals surface area contributed by atoms with Crippen LogP contribution in [0.3, 0.4) is 0 Å². The standard InChI is InChI=1S/C19H26N4O3S/c1-14-4-5-18(15(2)10-14)27(25,26)23-8-6-16(7-9-23)11-20-19(24)17-12-21-22(3)13-17/h4-5,10,12-13,16H,6-9,11H2,1-3H3,(H,20,24). The minimum atomic E-state index is -3.47. The summed E-state index contributed by atoms with van der Waals surface area (Å²) in [4.78, 5) is 12.5. The van der Waals surface area contributed by atoms with Crippen LogP contribution in [-0.2, 0) is 17.1 Å². The van der Waals surface area contributed by atoms with Crippen LogP contribution in [0.5, 0.6) is 0 Å². The van der Waals surface area contributed by atoms with E-state index in [1.165, 1.54) is 6.20 Å². The third kappa shape index (κ3) is 4.39. The highest BCUT2D eigenvalue weighted by molar-refractivity contribution is 7.89. The van der Waals surface area contributed by atoms with Crippen molar-refractivity contribution in [2.75, 3.05) is 19.6 Å². The van der Waals surface area contributed by atoms with Gasteiger partial charge in [-0.1, -0.05) is 17.7 Å². The number of carbonyl (C=O) groups is 1.